The number of ketones is 1. The van der Waals surface area contributed by atoms with Gasteiger partial charge in [-0.1, -0.05) is 25.7 Å². The average Bonchev–Trinajstić information content (AvgIpc) is 2.67. The lowest BCUT2D eigenvalue weighted by Crippen LogP contribution is -2.42. The van der Waals surface area contributed by atoms with Gasteiger partial charge in [-0.2, -0.15) is 5.10 Å². The highest BCUT2D eigenvalue weighted by molar-refractivity contribution is 5.89. The molecule has 1 aliphatic carbocycles. The molecule has 0 atom stereocenters. The molecule has 1 aromatic rings. The van der Waals surface area contributed by atoms with Crippen LogP contribution in [-0.4, -0.2) is 27.8 Å². The van der Waals surface area contributed by atoms with Crippen molar-refractivity contribution in [2.24, 2.45) is 0 Å². The largest absolute Gasteiger partial charge is 0.367 e. The Balaban J connectivity index is 2.17. The van der Waals surface area contributed by atoms with Crippen molar-refractivity contribution >= 4 is 5.78 Å². The van der Waals surface area contributed by atoms with Crippen molar-refractivity contribution in [3.63, 3.8) is 0 Å². The molecule has 4 heteroatoms. The smallest absolute Gasteiger partial charge is 0.170 e. The Kier molecular flexibility index (Phi) is 5.57. The number of carbonyl (C=O) groups excluding carboxylic acids is 1. The zero-order valence-corrected chi connectivity index (χ0v) is 13.7. The van der Waals surface area contributed by atoms with Gasteiger partial charge in [-0.15, -0.1) is 0 Å². The van der Waals surface area contributed by atoms with E-state index < -0.39 is 5.60 Å². The maximum atomic E-state index is 12.9. The molecule has 1 fully saturated rings. The van der Waals surface area contributed by atoms with Gasteiger partial charge in [-0.3, -0.25) is 9.48 Å². The van der Waals surface area contributed by atoms with Crippen molar-refractivity contribution < 1.29 is 9.53 Å². The molecule has 4 nitrogen and oxygen atoms in total. The zero-order valence-electron chi connectivity index (χ0n) is 13.7. The minimum atomic E-state index is -0.554. The van der Waals surface area contributed by atoms with E-state index in [1.54, 1.807) is 0 Å². The summed E-state index contributed by atoms with van der Waals surface area (Å²) >= 11 is 0. The SMILES string of the molecule is CCOC1(C(=O)Cc2cc(C)nn2CC)CCCCCC1. The van der Waals surface area contributed by atoms with Crippen molar-refractivity contribution in [1.29, 1.82) is 0 Å². The number of hydrogen-bond donors (Lipinski definition) is 0. The van der Waals surface area contributed by atoms with Crippen molar-refractivity contribution in [2.75, 3.05) is 6.61 Å². The van der Waals surface area contributed by atoms with Crippen LogP contribution in [0.25, 0.3) is 0 Å². The van der Waals surface area contributed by atoms with Crippen molar-refractivity contribution in [3.05, 3.63) is 17.5 Å². The highest BCUT2D eigenvalue weighted by Crippen LogP contribution is 2.32. The summed E-state index contributed by atoms with van der Waals surface area (Å²) in [6.45, 7) is 7.44. The fourth-order valence-corrected chi connectivity index (χ4v) is 3.42. The predicted octanol–water partition coefficient (Wildman–Crippen LogP) is 3.45. The Morgan fingerprint density at radius 3 is 2.52 bits per heavy atom. The lowest BCUT2D eigenvalue weighted by atomic mass is 9.87. The summed E-state index contributed by atoms with van der Waals surface area (Å²) in [4.78, 5) is 12.9. The van der Waals surface area contributed by atoms with Gasteiger partial charge in [0.15, 0.2) is 5.78 Å². The Hall–Kier alpha value is -1.16. The number of aryl methyl sites for hydroxylation is 2. The summed E-state index contributed by atoms with van der Waals surface area (Å²) in [6, 6.07) is 2.03. The molecule has 0 N–H and O–H groups in total. The van der Waals surface area contributed by atoms with E-state index in [1.165, 1.54) is 12.8 Å². The van der Waals surface area contributed by atoms with Crippen molar-refractivity contribution in [1.82, 2.24) is 9.78 Å². The first kappa shape index (κ1) is 16.2. The maximum absolute atomic E-state index is 12.9. The fourth-order valence-electron chi connectivity index (χ4n) is 3.42. The number of ether oxygens (including phenoxy) is 1. The molecule has 2 rings (SSSR count). The maximum Gasteiger partial charge on any atom is 0.170 e. The van der Waals surface area contributed by atoms with Crippen LogP contribution in [0, 0.1) is 6.92 Å². The quantitative estimate of drug-likeness (QED) is 0.754. The van der Waals surface area contributed by atoms with Crippen LogP contribution in [-0.2, 0) is 22.5 Å². The van der Waals surface area contributed by atoms with Crippen LogP contribution < -0.4 is 0 Å². The van der Waals surface area contributed by atoms with E-state index in [0.29, 0.717) is 13.0 Å². The Bertz CT molecular complexity index is 471. The van der Waals surface area contributed by atoms with E-state index in [1.807, 2.05) is 24.6 Å². The minimum Gasteiger partial charge on any atom is -0.367 e. The molecule has 0 aromatic carbocycles. The molecular weight excluding hydrogens is 264 g/mol. The van der Waals surface area contributed by atoms with Gasteiger partial charge in [0, 0.05) is 18.8 Å². The number of carbonyl (C=O) groups is 1. The van der Waals surface area contributed by atoms with Gasteiger partial charge in [0.25, 0.3) is 0 Å². The first-order valence-corrected chi connectivity index (χ1v) is 8.32. The molecule has 118 valence electrons. The Morgan fingerprint density at radius 1 is 1.29 bits per heavy atom. The van der Waals surface area contributed by atoms with Crippen molar-refractivity contribution in [3.8, 4) is 0 Å². The molecule has 0 amide bonds. The lowest BCUT2D eigenvalue weighted by molar-refractivity contribution is -0.145. The average molecular weight is 292 g/mol. The van der Waals surface area contributed by atoms with E-state index in [9.17, 15) is 4.79 Å². The first-order chi connectivity index (χ1) is 10.1. The van der Waals surface area contributed by atoms with Gasteiger partial charge in [-0.25, -0.2) is 0 Å². The first-order valence-electron chi connectivity index (χ1n) is 8.32. The second-order valence-electron chi connectivity index (χ2n) is 6.03. The Morgan fingerprint density at radius 2 is 1.95 bits per heavy atom. The third-order valence-corrected chi connectivity index (χ3v) is 4.47. The lowest BCUT2D eigenvalue weighted by Gasteiger charge is -2.31. The second kappa shape index (κ2) is 7.21. The summed E-state index contributed by atoms with van der Waals surface area (Å²) in [5, 5.41) is 4.44. The monoisotopic (exact) mass is 292 g/mol. The van der Waals surface area contributed by atoms with Gasteiger partial charge >= 0.3 is 0 Å². The van der Waals surface area contributed by atoms with E-state index in [2.05, 4.69) is 12.0 Å². The van der Waals surface area contributed by atoms with Crippen LogP contribution >= 0.6 is 0 Å². The van der Waals surface area contributed by atoms with E-state index >= 15 is 0 Å². The standard InChI is InChI=1S/C17H28N2O2/c1-4-19-15(12-14(3)18-19)13-16(20)17(21-5-2)10-8-6-7-9-11-17/h12H,4-11,13H2,1-3H3. The van der Waals surface area contributed by atoms with E-state index in [0.717, 1.165) is 43.6 Å². The summed E-state index contributed by atoms with van der Waals surface area (Å²) in [5.74, 6) is 0.237. The second-order valence-corrected chi connectivity index (χ2v) is 6.03. The summed E-state index contributed by atoms with van der Waals surface area (Å²) in [5.41, 5.74) is 1.44. The molecular formula is C17H28N2O2. The molecule has 0 bridgehead atoms. The van der Waals surface area contributed by atoms with E-state index in [-0.39, 0.29) is 5.78 Å². The summed E-state index contributed by atoms with van der Waals surface area (Å²) < 4.78 is 7.92. The van der Waals surface area contributed by atoms with Crippen LogP contribution in [0.4, 0.5) is 0 Å². The third kappa shape index (κ3) is 3.73. The predicted molar refractivity (Wildman–Crippen MR) is 83.4 cm³/mol. The molecule has 1 heterocycles. The number of rotatable bonds is 6. The van der Waals surface area contributed by atoms with E-state index in [4.69, 9.17) is 4.74 Å². The molecule has 0 spiro atoms. The molecule has 0 saturated heterocycles. The highest BCUT2D eigenvalue weighted by Gasteiger charge is 2.39. The zero-order chi connectivity index (χ0) is 15.3. The van der Waals surface area contributed by atoms with Crippen LogP contribution in [0.3, 0.4) is 0 Å². The molecule has 0 unspecified atom stereocenters. The minimum absolute atomic E-state index is 0.237. The number of nitrogens with zero attached hydrogens (tertiary/aromatic N) is 2. The number of Topliss-reactive ketones (excluding diaryl/α,β-unsaturated/α-hetero) is 1. The molecule has 1 aliphatic rings. The molecule has 0 aliphatic heterocycles. The van der Waals surface area contributed by atoms with Crippen LogP contribution in [0.2, 0.25) is 0 Å². The summed E-state index contributed by atoms with van der Waals surface area (Å²) in [6.07, 6.45) is 6.81. The normalized spacial score (nSPS) is 18.4. The number of aromatic nitrogens is 2. The summed E-state index contributed by atoms with van der Waals surface area (Å²) in [7, 11) is 0. The van der Waals surface area contributed by atoms with Crippen LogP contribution in [0.1, 0.15) is 63.8 Å². The fraction of sp³-hybridized carbons (Fsp3) is 0.765. The van der Waals surface area contributed by atoms with Crippen molar-refractivity contribution in [2.45, 2.75) is 77.9 Å². The molecule has 0 radical (unpaired) electrons. The molecule has 1 saturated carbocycles. The number of hydrogen-bond acceptors (Lipinski definition) is 3. The highest BCUT2D eigenvalue weighted by atomic mass is 16.5. The van der Waals surface area contributed by atoms with Gasteiger partial charge in [-0.05, 0) is 39.7 Å². The van der Waals surface area contributed by atoms with Gasteiger partial charge < -0.3 is 4.74 Å². The van der Waals surface area contributed by atoms with Gasteiger partial charge in [0.1, 0.15) is 5.60 Å². The van der Waals surface area contributed by atoms with Gasteiger partial charge in [0.2, 0.25) is 0 Å². The third-order valence-electron chi connectivity index (χ3n) is 4.47. The van der Waals surface area contributed by atoms with Gasteiger partial charge in [0.05, 0.1) is 12.1 Å². The topological polar surface area (TPSA) is 44.1 Å². The van der Waals surface area contributed by atoms with Crippen LogP contribution in [0.5, 0.6) is 0 Å². The molecule has 21 heavy (non-hydrogen) atoms. The Labute approximate surface area is 127 Å². The molecule has 1 aromatic heterocycles. The van der Waals surface area contributed by atoms with Crippen LogP contribution in [0.15, 0.2) is 6.07 Å².